The fourth-order valence-electron chi connectivity index (χ4n) is 3.28. The third-order valence-electron chi connectivity index (χ3n) is 4.97. The van der Waals surface area contributed by atoms with E-state index in [9.17, 15) is 13.2 Å². The topological polar surface area (TPSA) is 79.4 Å². The first kappa shape index (κ1) is 19.8. The fourth-order valence-corrected chi connectivity index (χ4v) is 5.79. The van der Waals surface area contributed by atoms with Gasteiger partial charge in [-0.1, -0.05) is 35.9 Å². The van der Waals surface area contributed by atoms with E-state index in [-0.39, 0.29) is 12.5 Å². The van der Waals surface area contributed by atoms with Crippen LogP contribution in [-0.4, -0.2) is 30.2 Å². The van der Waals surface area contributed by atoms with Crippen molar-refractivity contribution in [2.24, 2.45) is 0 Å². The summed E-state index contributed by atoms with van der Waals surface area (Å²) in [7, 11) is -3.56. The van der Waals surface area contributed by atoms with Crippen LogP contribution in [0.3, 0.4) is 0 Å². The maximum absolute atomic E-state index is 13.0. The summed E-state index contributed by atoms with van der Waals surface area (Å²) < 4.78 is 27.4. The lowest BCUT2D eigenvalue weighted by Crippen LogP contribution is -2.35. The maximum atomic E-state index is 13.0. The number of carbonyl (C=O) groups is 1. The van der Waals surface area contributed by atoms with E-state index in [1.165, 1.54) is 15.6 Å². The summed E-state index contributed by atoms with van der Waals surface area (Å²) in [5.74, 6) is -0.210. The van der Waals surface area contributed by atoms with E-state index in [1.54, 1.807) is 30.3 Å². The summed E-state index contributed by atoms with van der Waals surface area (Å²) in [6.07, 6.45) is 0.525. The highest BCUT2D eigenvalue weighted by molar-refractivity contribution is 7.89. The minimum atomic E-state index is -3.56. The molecule has 8 heteroatoms. The molecule has 150 valence electrons. The van der Waals surface area contributed by atoms with Crippen LogP contribution in [0.2, 0.25) is 0 Å². The van der Waals surface area contributed by atoms with Crippen molar-refractivity contribution in [2.45, 2.75) is 31.7 Å². The van der Waals surface area contributed by atoms with Gasteiger partial charge < -0.3 is 0 Å². The number of nitrogens with one attached hydrogen (secondary N) is 1. The molecule has 2 heterocycles. The van der Waals surface area contributed by atoms with E-state index in [4.69, 9.17) is 0 Å². The van der Waals surface area contributed by atoms with Gasteiger partial charge in [-0.25, -0.2) is 13.4 Å². The first-order chi connectivity index (χ1) is 13.8. The number of carbonyl (C=O) groups excluding carboxylic acids is 1. The number of aryl methyl sites for hydroxylation is 2. The lowest BCUT2D eigenvalue weighted by molar-refractivity contribution is 0.102. The zero-order chi connectivity index (χ0) is 20.6. The van der Waals surface area contributed by atoms with Crippen molar-refractivity contribution in [2.75, 3.05) is 11.9 Å². The van der Waals surface area contributed by atoms with Crippen LogP contribution < -0.4 is 5.32 Å². The number of hydrogen-bond acceptors (Lipinski definition) is 5. The Morgan fingerprint density at radius 2 is 1.83 bits per heavy atom. The fraction of sp³-hybridized carbons (Fsp3) is 0.238. The van der Waals surface area contributed by atoms with Crippen molar-refractivity contribution in [3.05, 3.63) is 75.8 Å². The number of amides is 1. The first-order valence-corrected chi connectivity index (χ1v) is 11.5. The highest BCUT2D eigenvalue weighted by atomic mass is 32.2. The van der Waals surface area contributed by atoms with E-state index < -0.39 is 10.0 Å². The Kier molecular flexibility index (Phi) is 5.24. The average molecular weight is 428 g/mol. The van der Waals surface area contributed by atoms with Gasteiger partial charge >= 0.3 is 0 Å². The molecule has 1 aliphatic rings. The third-order valence-corrected chi connectivity index (χ3v) is 7.82. The quantitative estimate of drug-likeness (QED) is 0.688. The highest BCUT2D eigenvalue weighted by Gasteiger charge is 2.30. The van der Waals surface area contributed by atoms with Crippen LogP contribution in [0.1, 0.15) is 32.1 Å². The third kappa shape index (κ3) is 3.96. The second kappa shape index (κ2) is 7.70. The van der Waals surface area contributed by atoms with Crippen molar-refractivity contribution in [3.63, 3.8) is 0 Å². The smallest absolute Gasteiger partial charge is 0.257 e. The Bertz CT molecular complexity index is 1170. The highest BCUT2D eigenvalue weighted by Crippen LogP contribution is 2.31. The molecule has 1 aliphatic heterocycles. The van der Waals surface area contributed by atoms with E-state index in [2.05, 4.69) is 10.3 Å². The Hall–Kier alpha value is -2.55. The standard InChI is InChI=1S/C21H21N3O3S2/c1-14-7-9-16(10-8-14)29(26,27)24-12-11-18-19(13-24)28-21(22-18)23-20(25)17-6-4-3-5-15(17)2/h3-10H,11-13H2,1-2H3,(H,22,23,25). The summed E-state index contributed by atoms with van der Waals surface area (Å²) >= 11 is 1.33. The zero-order valence-corrected chi connectivity index (χ0v) is 17.8. The molecule has 0 saturated carbocycles. The molecule has 0 unspecified atom stereocenters. The molecule has 4 rings (SSSR count). The number of thiazole rings is 1. The molecule has 1 amide bonds. The molecule has 3 aromatic rings. The largest absolute Gasteiger partial charge is 0.298 e. The minimum absolute atomic E-state index is 0.210. The Morgan fingerprint density at radius 1 is 1.10 bits per heavy atom. The van der Waals surface area contributed by atoms with Crippen molar-refractivity contribution >= 4 is 32.4 Å². The molecular formula is C21H21N3O3S2. The van der Waals surface area contributed by atoms with E-state index >= 15 is 0 Å². The number of fused-ring (bicyclic) bond motifs is 1. The van der Waals surface area contributed by atoms with Crippen molar-refractivity contribution in [3.8, 4) is 0 Å². The number of benzene rings is 2. The number of nitrogens with zero attached hydrogens (tertiary/aromatic N) is 2. The number of anilines is 1. The SMILES string of the molecule is Cc1ccc(S(=O)(=O)N2CCc3nc(NC(=O)c4ccccc4C)sc3C2)cc1. The molecule has 0 aliphatic carbocycles. The lowest BCUT2D eigenvalue weighted by atomic mass is 10.1. The summed E-state index contributed by atoms with van der Waals surface area (Å²) in [6, 6.07) is 14.2. The second-order valence-electron chi connectivity index (χ2n) is 7.06. The summed E-state index contributed by atoms with van der Waals surface area (Å²) in [5.41, 5.74) is 3.36. The van der Waals surface area contributed by atoms with Gasteiger partial charge in [-0.3, -0.25) is 10.1 Å². The van der Waals surface area contributed by atoms with Crippen LogP contribution in [0.25, 0.3) is 0 Å². The number of aromatic nitrogens is 1. The Labute approximate surface area is 174 Å². The van der Waals surface area contributed by atoms with Gasteiger partial charge in [-0.15, -0.1) is 11.3 Å². The van der Waals surface area contributed by atoms with Crippen LogP contribution in [0.5, 0.6) is 0 Å². The molecule has 0 fully saturated rings. The van der Waals surface area contributed by atoms with Gasteiger partial charge in [-0.2, -0.15) is 4.31 Å². The van der Waals surface area contributed by atoms with Crippen LogP contribution in [0.4, 0.5) is 5.13 Å². The molecule has 0 radical (unpaired) electrons. The van der Waals surface area contributed by atoms with Gasteiger partial charge in [0.2, 0.25) is 10.0 Å². The van der Waals surface area contributed by atoms with Crippen molar-refractivity contribution in [1.82, 2.24) is 9.29 Å². The molecule has 29 heavy (non-hydrogen) atoms. The molecule has 0 bridgehead atoms. The molecule has 0 spiro atoms. The zero-order valence-electron chi connectivity index (χ0n) is 16.2. The van der Waals surface area contributed by atoms with Gasteiger partial charge in [0, 0.05) is 23.4 Å². The molecule has 6 nitrogen and oxygen atoms in total. The Balaban J connectivity index is 1.52. The van der Waals surface area contributed by atoms with Crippen LogP contribution >= 0.6 is 11.3 Å². The van der Waals surface area contributed by atoms with E-state index in [0.717, 1.165) is 21.7 Å². The molecule has 0 atom stereocenters. The molecule has 2 aromatic carbocycles. The van der Waals surface area contributed by atoms with Crippen molar-refractivity contribution in [1.29, 1.82) is 0 Å². The lowest BCUT2D eigenvalue weighted by Gasteiger charge is -2.25. The number of hydrogen-bond donors (Lipinski definition) is 1. The summed E-state index contributed by atoms with van der Waals surface area (Å²) in [4.78, 5) is 18.2. The maximum Gasteiger partial charge on any atom is 0.257 e. The second-order valence-corrected chi connectivity index (χ2v) is 10.1. The molecular weight excluding hydrogens is 406 g/mol. The average Bonchev–Trinajstić information content (AvgIpc) is 3.10. The predicted molar refractivity (Wildman–Crippen MR) is 114 cm³/mol. The van der Waals surface area contributed by atoms with Gasteiger partial charge in [0.15, 0.2) is 5.13 Å². The van der Waals surface area contributed by atoms with Crippen LogP contribution in [0.15, 0.2) is 53.4 Å². The normalized spacial score (nSPS) is 14.4. The predicted octanol–water partition coefficient (Wildman–Crippen LogP) is 3.76. The monoisotopic (exact) mass is 427 g/mol. The molecule has 1 aromatic heterocycles. The molecule has 0 saturated heterocycles. The van der Waals surface area contributed by atoms with E-state index in [0.29, 0.717) is 28.6 Å². The van der Waals surface area contributed by atoms with Gasteiger partial charge in [-0.05, 0) is 37.6 Å². The molecule has 1 N–H and O–H groups in total. The summed E-state index contributed by atoms with van der Waals surface area (Å²) in [5, 5.41) is 3.35. The van der Waals surface area contributed by atoms with Gasteiger partial charge in [0.05, 0.1) is 17.1 Å². The Morgan fingerprint density at radius 3 is 2.55 bits per heavy atom. The van der Waals surface area contributed by atoms with Crippen LogP contribution in [0, 0.1) is 13.8 Å². The van der Waals surface area contributed by atoms with Crippen molar-refractivity contribution < 1.29 is 13.2 Å². The van der Waals surface area contributed by atoms with Crippen LogP contribution in [-0.2, 0) is 23.0 Å². The van der Waals surface area contributed by atoms with E-state index in [1.807, 2.05) is 32.0 Å². The van der Waals surface area contributed by atoms with Gasteiger partial charge in [0.1, 0.15) is 0 Å². The van der Waals surface area contributed by atoms with Gasteiger partial charge in [0.25, 0.3) is 5.91 Å². The minimum Gasteiger partial charge on any atom is -0.298 e. The summed E-state index contributed by atoms with van der Waals surface area (Å²) in [6.45, 7) is 4.45. The first-order valence-electron chi connectivity index (χ1n) is 9.27. The number of rotatable bonds is 4. The number of sulfonamides is 1.